The fourth-order valence-electron chi connectivity index (χ4n) is 8.15. The van der Waals surface area contributed by atoms with Crippen molar-refractivity contribution in [1.29, 1.82) is 0 Å². The molecule has 2 heterocycles. The molecule has 0 aromatic heterocycles. The third-order valence-corrected chi connectivity index (χ3v) is 10.5. The van der Waals surface area contributed by atoms with Crippen LogP contribution >= 0.6 is 0 Å². The summed E-state index contributed by atoms with van der Waals surface area (Å²) >= 11 is 0. The molecule has 1 spiro atoms. The zero-order valence-electron chi connectivity index (χ0n) is 26.0. The number of unbranched alkanes of at least 4 members (excludes halogenated alkanes) is 11. The topological polar surface area (TPSA) is 79.2 Å². The molecular formula is C36H53NO5. The maximum atomic E-state index is 13.0. The van der Waals surface area contributed by atoms with Crippen molar-refractivity contribution in [2.75, 3.05) is 13.6 Å². The van der Waals surface area contributed by atoms with Gasteiger partial charge in [-0.3, -0.25) is 4.79 Å². The van der Waals surface area contributed by atoms with Gasteiger partial charge in [0.2, 0.25) is 0 Å². The number of esters is 1. The molecule has 0 amide bonds. The molecule has 42 heavy (non-hydrogen) atoms. The first-order valence-corrected chi connectivity index (χ1v) is 16.9. The molecule has 6 heteroatoms. The molecule has 1 aromatic carbocycles. The lowest BCUT2D eigenvalue weighted by molar-refractivity contribution is -0.169. The van der Waals surface area contributed by atoms with E-state index in [2.05, 4.69) is 37.1 Å². The Labute approximate surface area is 253 Å². The maximum Gasteiger partial charge on any atom is 0.310 e. The zero-order chi connectivity index (χ0) is 29.6. The molecule has 232 valence electrons. The van der Waals surface area contributed by atoms with Gasteiger partial charge in [-0.05, 0) is 70.2 Å². The number of hydrogen-bond acceptors (Lipinski definition) is 6. The number of aliphatic hydroxyl groups is 2. The van der Waals surface area contributed by atoms with Gasteiger partial charge < -0.3 is 24.6 Å². The predicted molar refractivity (Wildman–Crippen MR) is 166 cm³/mol. The highest BCUT2D eigenvalue weighted by molar-refractivity contribution is 5.71. The van der Waals surface area contributed by atoms with Gasteiger partial charge in [0, 0.05) is 30.0 Å². The van der Waals surface area contributed by atoms with E-state index in [9.17, 15) is 15.0 Å². The predicted octanol–water partition coefficient (Wildman–Crippen LogP) is 7.04. The summed E-state index contributed by atoms with van der Waals surface area (Å²) in [6, 6.07) is 3.99. The molecule has 0 radical (unpaired) electrons. The fourth-order valence-corrected chi connectivity index (χ4v) is 8.15. The quantitative estimate of drug-likeness (QED) is 0.117. The summed E-state index contributed by atoms with van der Waals surface area (Å²) in [7, 11) is 2.08. The number of nitrogens with zero attached hydrogens (tertiary/aromatic N) is 1. The fraction of sp³-hybridized carbons (Fsp3) is 0.694. The largest absolute Gasteiger partial charge is 0.481 e. The summed E-state index contributed by atoms with van der Waals surface area (Å²) in [5.74, 6) is 0.999. The molecule has 4 atom stereocenters. The van der Waals surface area contributed by atoms with E-state index in [1.54, 1.807) is 0 Å². The van der Waals surface area contributed by atoms with Gasteiger partial charge in [0.05, 0.1) is 17.6 Å². The molecule has 1 fully saturated rings. The van der Waals surface area contributed by atoms with E-state index in [1.807, 2.05) is 12.1 Å². The van der Waals surface area contributed by atoms with Crippen molar-refractivity contribution >= 4 is 5.97 Å². The molecule has 2 bridgehead atoms. The third kappa shape index (κ3) is 5.96. The Balaban J connectivity index is 1.07. The Morgan fingerprint density at radius 3 is 2.45 bits per heavy atom. The molecular weight excluding hydrogens is 526 g/mol. The molecule has 2 N–H and O–H groups in total. The van der Waals surface area contributed by atoms with E-state index in [0.717, 1.165) is 56.2 Å². The average Bonchev–Trinajstić information content (AvgIpc) is 3.34. The number of rotatable bonds is 17. The number of allylic oxidation sites excluding steroid dienone is 2. The van der Waals surface area contributed by atoms with Gasteiger partial charge in [-0.1, -0.05) is 82.6 Å². The van der Waals surface area contributed by atoms with E-state index in [1.165, 1.54) is 63.4 Å². The van der Waals surface area contributed by atoms with E-state index in [4.69, 9.17) is 9.47 Å². The van der Waals surface area contributed by atoms with E-state index in [-0.39, 0.29) is 18.6 Å². The van der Waals surface area contributed by atoms with Crippen LogP contribution in [0.3, 0.4) is 0 Å². The molecule has 2 aliphatic carbocycles. The van der Waals surface area contributed by atoms with Crippen LogP contribution in [-0.4, -0.2) is 52.4 Å². The molecule has 2 aliphatic heterocycles. The minimum atomic E-state index is -1.00. The van der Waals surface area contributed by atoms with Crippen LogP contribution in [0, 0.1) is 0 Å². The molecule has 4 aliphatic rings. The lowest BCUT2D eigenvalue weighted by Crippen LogP contribution is -2.74. The van der Waals surface area contributed by atoms with Gasteiger partial charge in [-0.15, -0.1) is 0 Å². The second-order valence-electron chi connectivity index (χ2n) is 13.2. The van der Waals surface area contributed by atoms with Crippen molar-refractivity contribution in [2.24, 2.45) is 0 Å². The minimum Gasteiger partial charge on any atom is -0.481 e. The number of piperidine rings is 1. The first-order valence-electron chi connectivity index (χ1n) is 16.9. The highest BCUT2D eigenvalue weighted by Gasteiger charge is 2.71. The highest BCUT2D eigenvalue weighted by atomic mass is 16.6. The molecule has 2 unspecified atom stereocenters. The van der Waals surface area contributed by atoms with Crippen LogP contribution in [-0.2, 0) is 28.0 Å². The molecule has 0 saturated carbocycles. The monoisotopic (exact) mass is 579 g/mol. The van der Waals surface area contributed by atoms with Gasteiger partial charge in [0.15, 0.2) is 6.10 Å². The van der Waals surface area contributed by atoms with Crippen LogP contribution < -0.4 is 4.74 Å². The lowest BCUT2D eigenvalue weighted by atomic mass is 9.50. The first kappa shape index (κ1) is 31.3. The van der Waals surface area contributed by atoms with E-state index >= 15 is 0 Å². The summed E-state index contributed by atoms with van der Waals surface area (Å²) in [5, 5.41) is 22.3. The van der Waals surface area contributed by atoms with Crippen LogP contribution in [0.2, 0.25) is 0 Å². The van der Waals surface area contributed by atoms with Crippen molar-refractivity contribution in [3.05, 3.63) is 52.8 Å². The van der Waals surface area contributed by atoms with Gasteiger partial charge in [-0.25, -0.2) is 0 Å². The molecule has 6 nitrogen and oxygen atoms in total. The summed E-state index contributed by atoms with van der Waals surface area (Å²) in [6.07, 6.45) is 24.2. The lowest BCUT2D eigenvalue weighted by Gasteiger charge is -2.61. The van der Waals surface area contributed by atoms with Crippen LogP contribution in [0.15, 0.2) is 36.1 Å². The van der Waals surface area contributed by atoms with Crippen molar-refractivity contribution in [3.8, 4) is 5.75 Å². The van der Waals surface area contributed by atoms with E-state index < -0.39 is 17.1 Å². The maximum absolute atomic E-state index is 13.0. The Morgan fingerprint density at radius 1 is 1.05 bits per heavy atom. The number of carbonyl (C=O) groups is 1. The zero-order valence-corrected chi connectivity index (χ0v) is 26.0. The number of ether oxygens (including phenoxy) is 2. The minimum absolute atomic E-state index is 0.0277. The summed E-state index contributed by atoms with van der Waals surface area (Å²) in [5.41, 5.74) is 1.27. The Kier molecular flexibility index (Phi) is 10.5. The number of aliphatic hydroxyl groups excluding tert-OH is 1. The van der Waals surface area contributed by atoms with Crippen LogP contribution in [0.1, 0.15) is 126 Å². The number of hydrogen-bond donors (Lipinski definition) is 2. The van der Waals surface area contributed by atoms with Crippen LogP contribution in [0.25, 0.3) is 0 Å². The molecule has 5 rings (SSSR count). The second kappa shape index (κ2) is 14.1. The second-order valence-corrected chi connectivity index (χ2v) is 13.2. The average molecular weight is 580 g/mol. The first-order chi connectivity index (χ1) is 20.5. The number of benzene rings is 1. The summed E-state index contributed by atoms with van der Waals surface area (Å²) in [6.45, 7) is 2.98. The van der Waals surface area contributed by atoms with Crippen molar-refractivity contribution in [1.82, 2.24) is 4.90 Å². The summed E-state index contributed by atoms with van der Waals surface area (Å²) < 4.78 is 12.6. The highest BCUT2D eigenvalue weighted by Crippen LogP contribution is 2.64. The van der Waals surface area contributed by atoms with Crippen molar-refractivity contribution in [2.45, 2.75) is 146 Å². The van der Waals surface area contributed by atoms with Crippen molar-refractivity contribution in [3.63, 3.8) is 0 Å². The number of likely N-dealkylation sites (N-methyl/N-ethyl adjacent to an activating group) is 1. The SMILES string of the molecule is CCCCCCCC/C=C\CCCCCCCC(=O)OC1=CC[C@@]2(O)[C@H]3Cc4ccc(CO)c5c4C2(CCN3C)C1O5. The van der Waals surface area contributed by atoms with Crippen LogP contribution in [0.5, 0.6) is 5.75 Å². The molecule has 1 saturated heterocycles. The van der Waals surface area contributed by atoms with E-state index in [0.29, 0.717) is 24.4 Å². The Hall–Kier alpha value is -2.15. The van der Waals surface area contributed by atoms with Gasteiger partial charge in [0.1, 0.15) is 11.5 Å². The Morgan fingerprint density at radius 2 is 1.74 bits per heavy atom. The molecule has 1 aromatic rings. The van der Waals surface area contributed by atoms with Crippen LogP contribution in [0.4, 0.5) is 0 Å². The van der Waals surface area contributed by atoms with Crippen molar-refractivity contribution < 1.29 is 24.5 Å². The Bertz CT molecular complexity index is 1140. The number of carbonyl (C=O) groups excluding carboxylic acids is 1. The van der Waals surface area contributed by atoms with Gasteiger partial charge >= 0.3 is 5.97 Å². The third-order valence-electron chi connectivity index (χ3n) is 10.5. The summed E-state index contributed by atoms with van der Waals surface area (Å²) in [4.78, 5) is 15.2. The van der Waals surface area contributed by atoms with Gasteiger partial charge in [0.25, 0.3) is 0 Å². The normalized spacial score (nSPS) is 27.6. The van der Waals surface area contributed by atoms with Gasteiger partial charge in [-0.2, -0.15) is 0 Å². The number of likely N-dealkylation sites (tertiary alicyclic amines) is 1. The standard InChI is InChI=1S/C36H53NO5/c1-3-4-5-6-7-8-9-10-11-12-13-14-15-16-17-18-31(39)41-29-21-22-36(40)30-25-27-19-20-28(26-38)33-32(27)35(36,34(29)42-33)23-24-37(30)2/h10-11,19-21,30,34,38,40H,3-9,12-18,22-26H2,1-2H3/b11-10-/t30-,34?,35?,36-/m1/s1. The smallest absolute Gasteiger partial charge is 0.310 e.